The highest BCUT2D eigenvalue weighted by molar-refractivity contribution is 5.18. The maximum Gasteiger partial charge on any atom is 0.0684 e. The van der Waals surface area contributed by atoms with Crippen LogP contribution in [0, 0.1) is 13.8 Å². The SMILES string of the molecule is CCn1nc(C)cc1CC(NN)c1cc(C)nn1CC. The quantitative estimate of drug-likeness (QED) is 0.619. The third kappa shape index (κ3) is 2.91. The Kier molecular flexibility index (Phi) is 4.57. The van der Waals surface area contributed by atoms with Crippen molar-refractivity contribution in [1.82, 2.24) is 25.0 Å². The van der Waals surface area contributed by atoms with Crippen LogP contribution in [0.2, 0.25) is 0 Å². The molecule has 0 amide bonds. The van der Waals surface area contributed by atoms with Gasteiger partial charge in [-0.2, -0.15) is 10.2 Å². The van der Waals surface area contributed by atoms with E-state index in [1.165, 1.54) is 5.69 Å². The molecule has 1 atom stereocenters. The van der Waals surface area contributed by atoms with E-state index >= 15 is 0 Å². The molecule has 20 heavy (non-hydrogen) atoms. The molecule has 6 nitrogen and oxygen atoms in total. The Balaban J connectivity index is 2.28. The predicted molar refractivity (Wildman–Crippen MR) is 79.0 cm³/mol. The molecular formula is C14H24N6. The molecule has 0 aliphatic rings. The Morgan fingerprint density at radius 3 is 2.30 bits per heavy atom. The van der Waals surface area contributed by atoms with Crippen molar-refractivity contribution < 1.29 is 0 Å². The van der Waals surface area contributed by atoms with Gasteiger partial charge in [0.15, 0.2) is 0 Å². The third-order valence-electron chi connectivity index (χ3n) is 3.49. The molecule has 1 unspecified atom stereocenters. The van der Waals surface area contributed by atoms with Crippen molar-refractivity contribution >= 4 is 0 Å². The van der Waals surface area contributed by atoms with Gasteiger partial charge < -0.3 is 0 Å². The monoisotopic (exact) mass is 276 g/mol. The smallest absolute Gasteiger partial charge is 0.0684 e. The van der Waals surface area contributed by atoms with Crippen LogP contribution in [0.5, 0.6) is 0 Å². The van der Waals surface area contributed by atoms with Gasteiger partial charge in [0.2, 0.25) is 0 Å². The molecule has 2 aromatic rings. The fraction of sp³-hybridized carbons (Fsp3) is 0.571. The molecule has 0 saturated heterocycles. The van der Waals surface area contributed by atoms with Crippen molar-refractivity contribution in [1.29, 1.82) is 0 Å². The Morgan fingerprint density at radius 2 is 1.70 bits per heavy atom. The van der Waals surface area contributed by atoms with Gasteiger partial charge in [-0.05, 0) is 39.8 Å². The number of nitrogens with two attached hydrogens (primary N) is 1. The lowest BCUT2D eigenvalue weighted by molar-refractivity contribution is 0.473. The van der Waals surface area contributed by atoms with Crippen LogP contribution in [-0.2, 0) is 19.5 Å². The van der Waals surface area contributed by atoms with E-state index in [1.807, 2.05) is 23.2 Å². The van der Waals surface area contributed by atoms with Crippen LogP contribution >= 0.6 is 0 Å². The highest BCUT2D eigenvalue weighted by Crippen LogP contribution is 2.19. The molecule has 0 aliphatic heterocycles. The van der Waals surface area contributed by atoms with E-state index in [-0.39, 0.29) is 6.04 Å². The van der Waals surface area contributed by atoms with E-state index in [2.05, 4.69) is 41.6 Å². The zero-order chi connectivity index (χ0) is 14.7. The summed E-state index contributed by atoms with van der Waals surface area (Å²) in [6.45, 7) is 9.91. The Bertz CT molecular complexity index is 568. The lowest BCUT2D eigenvalue weighted by Gasteiger charge is -2.17. The average molecular weight is 276 g/mol. The van der Waals surface area contributed by atoms with Gasteiger partial charge in [0.05, 0.1) is 23.1 Å². The van der Waals surface area contributed by atoms with Crippen LogP contribution in [0.15, 0.2) is 12.1 Å². The van der Waals surface area contributed by atoms with Gasteiger partial charge in [0.25, 0.3) is 0 Å². The normalized spacial score (nSPS) is 12.8. The number of rotatable bonds is 6. The van der Waals surface area contributed by atoms with E-state index in [4.69, 9.17) is 5.84 Å². The second kappa shape index (κ2) is 6.19. The topological polar surface area (TPSA) is 73.7 Å². The Hall–Kier alpha value is -1.66. The van der Waals surface area contributed by atoms with Crippen molar-refractivity contribution in [3.8, 4) is 0 Å². The summed E-state index contributed by atoms with van der Waals surface area (Å²) in [5.74, 6) is 5.76. The fourth-order valence-electron chi connectivity index (χ4n) is 2.59. The van der Waals surface area contributed by atoms with Gasteiger partial charge in [0, 0.05) is 25.2 Å². The molecule has 0 saturated carbocycles. The van der Waals surface area contributed by atoms with Crippen LogP contribution in [0.25, 0.3) is 0 Å². The maximum absolute atomic E-state index is 5.76. The lowest BCUT2D eigenvalue weighted by atomic mass is 10.1. The summed E-state index contributed by atoms with van der Waals surface area (Å²) < 4.78 is 4.03. The van der Waals surface area contributed by atoms with E-state index in [1.54, 1.807) is 0 Å². The summed E-state index contributed by atoms with van der Waals surface area (Å²) in [5, 5.41) is 8.97. The molecule has 0 aromatic carbocycles. The van der Waals surface area contributed by atoms with Crippen LogP contribution in [0.4, 0.5) is 0 Å². The number of nitrogens with zero attached hydrogens (tertiary/aromatic N) is 4. The standard InChI is InChI=1S/C14H24N6/c1-5-19-12(7-10(3)17-19)9-13(16-15)14-8-11(4)18-20(14)6-2/h7-8,13,16H,5-6,9,15H2,1-4H3. The molecular weight excluding hydrogens is 252 g/mol. The summed E-state index contributed by atoms with van der Waals surface area (Å²) in [7, 11) is 0. The Morgan fingerprint density at radius 1 is 1.10 bits per heavy atom. The zero-order valence-corrected chi connectivity index (χ0v) is 12.7. The van der Waals surface area contributed by atoms with Gasteiger partial charge in [-0.3, -0.25) is 20.6 Å². The van der Waals surface area contributed by atoms with Crippen LogP contribution in [0.1, 0.15) is 42.7 Å². The lowest BCUT2D eigenvalue weighted by Crippen LogP contribution is -2.32. The number of hydrazine groups is 1. The number of hydrogen-bond donors (Lipinski definition) is 2. The first-order valence-corrected chi connectivity index (χ1v) is 7.12. The van der Waals surface area contributed by atoms with Crippen molar-refractivity contribution in [3.63, 3.8) is 0 Å². The molecule has 0 aliphatic carbocycles. The molecule has 2 heterocycles. The molecule has 0 radical (unpaired) electrons. The summed E-state index contributed by atoms with van der Waals surface area (Å²) >= 11 is 0. The molecule has 0 fully saturated rings. The van der Waals surface area contributed by atoms with Crippen molar-refractivity contribution in [2.24, 2.45) is 5.84 Å². The number of nitrogens with one attached hydrogen (secondary N) is 1. The van der Waals surface area contributed by atoms with Crippen LogP contribution < -0.4 is 11.3 Å². The van der Waals surface area contributed by atoms with E-state index in [0.29, 0.717) is 0 Å². The number of hydrogen-bond acceptors (Lipinski definition) is 4. The van der Waals surface area contributed by atoms with Crippen molar-refractivity contribution in [3.05, 3.63) is 34.9 Å². The van der Waals surface area contributed by atoms with Crippen molar-refractivity contribution in [2.45, 2.75) is 53.2 Å². The largest absolute Gasteiger partial charge is 0.271 e. The van der Waals surface area contributed by atoms with E-state index < -0.39 is 0 Å². The van der Waals surface area contributed by atoms with Gasteiger partial charge >= 0.3 is 0 Å². The third-order valence-corrected chi connectivity index (χ3v) is 3.49. The molecule has 0 spiro atoms. The molecule has 6 heteroatoms. The van der Waals surface area contributed by atoms with Gasteiger partial charge in [-0.1, -0.05) is 0 Å². The first-order valence-electron chi connectivity index (χ1n) is 7.12. The van der Waals surface area contributed by atoms with Gasteiger partial charge in [-0.25, -0.2) is 0 Å². The minimum absolute atomic E-state index is 0.0394. The predicted octanol–water partition coefficient (Wildman–Crippen LogP) is 1.48. The zero-order valence-electron chi connectivity index (χ0n) is 12.7. The molecule has 0 bridgehead atoms. The van der Waals surface area contributed by atoms with Gasteiger partial charge in [0.1, 0.15) is 0 Å². The average Bonchev–Trinajstić information content (AvgIpc) is 2.98. The minimum Gasteiger partial charge on any atom is -0.271 e. The highest BCUT2D eigenvalue weighted by Gasteiger charge is 2.18. The van der Waals surface area contributed by atoms with E-state index in [9.17, 15) is 0 Å². The maximum atomic E-state index is 5.76. The van der Waals surface area contributed by atoms with Gasteiger partial charge in [-0.15, -0.1) is 0 Å². The summed E-state index contributed by atoms with van der Waals surface area (Å²) in [6, 6.07) is 4.25. The fourth-order valence-corrected chi connectivity index (χ4v) is 2.59. The first kappa shape index (κ1) is 14.7. The van der Waals surface area contributed by atoms with Crippen LogP contribution in [0.3, 0.4) is 0 Å². The minimum atomic E-state index is 0.0394. The van der Waals surface area contributed by atoms with E-state index in [0.717, 1.165) is 36.6 Å². The molecule has 110 valence electrons. The summed E-state index contributed by atoms with van der Waals surface area (Å²) in [6.07, 6.45) is 0.802. The molecule has 3 N–H and O–H groups in total. The first-order chi connectivity index (χ1) is 9.58. The number of aryl methyl sites for hydroxylation is 4. The molecule has 2 rings (SSSR count). The highest BCUT2D eigenvalue weighted by atomic mass is 15.3. The second-order valence-electron chi connectivity index (χ2n) is 5.04. The molecule has 2 aromatic heterocycles. The van der Waals surface area contributed by atoms with Crippen LogP contribution in [-0.4, -0.2) is 19.6 Å². The summed E-state index contributed by atoms with van der Waals surface area (Å²) in [4.78, 5) is 0. The van der Waals surface area contributed by atoms with Crippen molar-refractivity contribution in [2.75, 3.05) is 0 Å². The Labute approximate surface area is 119 Å². The summed E-state index contributed by atoms with van der Waals surface area (Å²) in [5.41, 5.74) is 7.28. The number of aromatic nitrogens is 4. The second-order valence-corrected chi connectivity index (χ2v) is 5.04.